The molecule has 1 aromatic rings. The molecule has 0 unspecified atom stereocenters. The highest BCUT2D eigenvalue weighted by molar-refractivity contribution is 7.89. The van der Waals surface area contributed by atoms with Gasteiger partial charge in [0.25, 0.3) is 0 Å². The van der Waals surface area contributed by atoms with Crippen molar-refractivity contribution < 1.29 is 18.3 Å². The van der Waals surface area contributed by atoms with Gasteiger partial charge in [-0.25, -0.2) is 8.42 Å². The molecule has 1 saturated heterocycles. The van der Waals surface area contributed by atoms with Crippen LogP contribution in [0.2, 0.25) is 5.02 Å². The van der Waals surface area contributed by atoms with E-state index in [1.807, 2.05) is 13.8 Å². The second-order valence-electron chi connectivity index (χ2n) is 7.19. The van der Waals surface area contributed by atoms with E-state index >= 15 is 0 Å². The molecule has 0 amide bonds. The largest absolute Gasteiger partial charge is 0.492 e. The smallest absolute Gasteiger partial charge is 0.246 e. The molecule has 1 aliphatic carbocycles. The maximum atomic E-state index is 13.3. The van der Waals surface area contributed by atoms with Crippen LogP contribution in [0.1, 0.15) is 44.6 Å². The Morgan fingerprint density at radius 2 is 2.08 bits per heavy atom. The number of nitrogens with zero attached hydrogens (tertiary/aromatic N) is 1. The zero-order chi connectivity index (χ0) is 18.2. The number of piperidine rings is 1. The first-order chi connectivity index (χ1) is 11.8. The molecule has 7 heteroatoms. The van der Waals surface area contributed by atoms with Crippen LogP contribution >= 0.6 is 11.6 Å². The van der Waals surface area contributed by atoms with Gasteiger partial charge in [-0.15, -0.1) is 0 Å². The summed E-state index contributed by atoms with van der Waals surface area (Å²) in [4.78, 5) is 0.120. The average Bonchev–Trinajstić information content (AvgIpc) is 2.91. The van der Waals surface area contributed by atoms with Crippen molar-refractivity contribution in [2.45, 2.75) is 57.0 Å². The number of rotatable bonds is 4. The standard InChI is InChI=1S/C18H26ClNO4S/c1-3-24-15-10-13(2)14(19)11-16(15)25(22,23)20-9-5-8-18(12-20)7-4-6-17(18)21/h10-11,17,21H,3-9,12H2,1-2H3/t17-,18+/m1/s1. The SMILES string of the molecule is CCOc1cc(C)c(Cl)cc1S(=O)(=O)N1CCC[C@@]2(CCC[C@H]2O)C1. The van der Waals surface area contributed by atoms with Crippen molar-refractivity contribution in [1.82, 2.24) is 4.31 Å². The molecule has 1 N–H and O–H groups in total. The van der Waals surface area contributed by atoms with Gasteiger partial charge >= 0.3 is 0 Å². The molecular formula is C18H26ClNO4S. The molecule has 1 saturated carbocycles. The van der Waals surface area contributed by atoms with E-state index < -0.39 is 16.1 Å². The Balaban J connectivity index is 1.97. The van der Waals surface area contributed by atoms with Crippen LogP contribution in [-0.2, 0) is 10.0 Å². The Labute approximate surface area is 155 Å². The van der Waals surface area contributed by atoms with Crippen LogP contribution in [0.25, 0.3) is 0 Å². The Bertz CT molecular complexity index is 752. The van der Waals surface area contributed by atoms with Crippen LogP contribution in [0.4, 0.5) is 0 Å². The summed E-state index contributed by atoms with van der Waals surface area (Å²) < 4.78 is 33.7. The third kappa shape index (κ3) is 3.42. The maximum Gasteiger partial charge on any atom is 0.246 e. The molecule has 1 heterocycles. The minimum absolute atomic E-state index is 0.120. The highest BCUT2D eigenvalue weighted by Crippen LogP contribution is 2.46. The zero-order valence-corrected chi connectivity index (χ0v) is 16.4. The quantitative estimate of drug-likeness (QED) is 0.860. The molecule has 1 aliphatic heterocycles. The van der Waals surface area contributed by atoms with Crippen LogP contribution in [-0.4, -0.2) is 43.6 Å². The molecule has 1 aromatic carbocycles. The number of aliphatic hydroxyl groups is 1. The molecule has 140 valence electrons. The van der Waals surface area contributed by atoms with Crippen molar-refractivity contribution in [1.29, 1.82) is 0 Å². The Hall–Kier alpha value is -0.820. The minimum Gasteiger partial charge on any atom is -0.492 e. The predicted molar refractivity (Wildman–Crippen MR) is 97.6 cm³/mol. The lowest BCUT2D eigenvalue weighted by Crippen LogP contribution is -2.49. The van der Waals surface area contributed by atoms with E-state index in [-0.39, 0.29) is 10.3 Å². The van der Waals surface area contributed by atoms with Gasteiger partial charge in [0.2, 0.25) is 10.0 Å². The lowest BCUT2D eigenvalue weighted by atomic mass is 9.77. The molecule has 25 heavy (non-hydrogen) atoms. The molecule has 2 fully saturated rings. The predicted octanol–water partition coefficient (Wildman–Crippen LogP) is 3.36. The number of sulfonamides is 1. The van der Waals surface area contributed by atoms with E-state index in [2.05, 4.69) is 0 Å². The van der Waals surface area contributed by atoms with Crippen LogP contribution in [0.5, 0.6) is 5.75 Å². The van der Waals surface area contributed by atoms with E-state index in [9.17, 15) is 13.5 Å². The Morgan fingerprint density at radius 3 is 2.72 bits per heavy atom. The average molecular weight is 388 g/mol. The van der Waals surface area contributed by atoms with Crippen LogP contribution in [0, 0.1) is 12.3 Å². The fourth-order valence-corrected chi connectivity index (χ4v) is 6.11. The summed E-state index contributed by atoms with van der Waals surface area (Å²) in [6, 6.07) is 3.17. The van der Waals surface area contributed by atoms with Crippen molar-refractivity contribution >= 4 is 21.6 Å². The van der Waals surface area contributed by atoms with Crippen molar-refractivity contribution in [2.75, 3.05) is 19.7 Å². The first-order valence-corrected chi connectivity index (χ1v) is 10.7. The van der Waals surface area contributed by atoms with Gasteiger partial charge in [0, 0.05) is 23.5 Å². The number of ether oxygens (including phenoxy) is 1. The number of hydrogen-bond donors (Lipinski definition) is 1. The van der Waals surface area contributed by atoms with E-state index in [1.54, 1.807) is 6.07 Å². The second kappa shape index (κ2) is 7.06. The second-order valence-corrected chi connectivity index (χ2v) is 9.51. The van der Waals surface area contributed by atoms with Crippen molar-refractivity contribution in [2.24, 2.45) is 5.41 Å². The van der Waals surface area contributed by atoms with Gasteiger partial charge < -0.3 is 9.84 Å². The number of halogens is 1. The number of hydrogen-bond acceptors (Lipinski definition) is 4. The molecule has 2 aliphatic rings. The van der Waals surface area contributed by atoms with Crippen LogP contribution < -0.4 is 4.74 Å². The highest BCUT2D eigenvalue weighted by Gasteiger charge is 2.47. The van der Waals surface area contributed by atoms with Crippen LogP contribution in [0.15, 0.2) is 17.0 Å². The van der Waals surface area contributed by atoms with Gasteiger partial charge in [-0.05, 0) is 57.2 Å². The first kappa shape index (κ1) is 19.0. The van der Waals surface area contributed by atoms with Gasteiger partial charge in [-0.3, -0.25) is 0 Å². The van der Waals surface area contributed by atoms with Gasteiger partial charge in [-0.2, -0.15) is 4.31 Å². The third-order valence-corrected chi connectivity index (χ3v) is 7.85. The molecule has 0 aromatic heterocycles. The topological polar surface area (TPSA) is 66.8 Å². The summed E-state index contributed by atoms with van der Waals surface area (Å²) in [6.07, 6.45) is 3.82. The molecular weight excluding hydrogens is 362 g/mol. The maximum absolute atomic E-state index is 13.3. The summed E-state index contributed by atoms with van der Waals surface area (Å²) in [5, 5.41) is 10.8. The van der Waals surface area contributed by atoms with Crippen molar-refractivity contribution in [3.63, 3.8) is 0 Å². The zero-order valence-electron chi connectivity index (χ0n) is 14.8. The number of aliphatic hydroxyl groups excluding tert-OH is 1. The minimum atomic E-state index is -3.73. The summed E-state index contributed by atoms with van der Waals surface area (Å²) >= 11 is 6.20. The van der Waals surface area contributed by atoms with Crippen LogP contribution in [0.3, 0.4) is 0 Å². The fraction of sp³-hybridized carbons (Fsp3) is 0.667. The molecule has 2 atom stereocenters. The van der Waals surface area contributed by atoms with E-state index in [0.717, 1.165) is 37.7 Å². The highest BCUT2D eigenvalue weighted by atomic mass is 35.5. The summed E-state index contributed by atoms with van der Waals surface area (Å²) in [6.45, 7) is 4.87. The lowest BCUT2D eigenvalue weighted by Gasteiger charge is -2.41. The van der Waals surface area contributed by atoms with Gasteiger partial charge in [0.15, 0.2) is 0 Å². The third-order valence-electron chi connectivity index (χ3n) is 5.58. The van der Waals surface area contributed by atoms with E-state index in [1.165, 1.54) is 10.4 Å². The normalized spacial score (nSPS) is 27.8. The molecule has 3 rings (SSSR count). The van der Waals surface area contributed by atoms with E-state index in [0.29, 0.717) is 30.5 Å². The van der Waals surface area contributed by atoms with Crippen molar-refractivity contribution in [3.05, 3.63) is 22.7 Å². The van der Waals surface area contributed by atoms with E-state index in [4.69, 9.17) is 16.3 Å². The fourth-order valence-electron chi connectivity index (χ4n) is 4.16. The molecule has 5 nitrogen and oxygen atoms in total. The molecule has 0 radical (unpaired) electrons. The number of benzene rings is 1. The number of aryl methyl sites for hydroxylation is 1. The van der Waals surface area contributed by atoms with Gasteiger partial charge in [0.1, 0.15) is 10.6 Å². The first-order valence-electron chi connectivity index (χ1n) is 8.91. The monoisotopic (exact) mass is 387 g/mol. The van der Waals surface area contributed by atoms with Gasteiger partial charge in [-0.1, -0.05) is 18.0 Å². The van der Waals surface area contributed by atoms with Crippen molar-refractivity contribution in [3.8, 4) is 5.75 Å². The summed E-state index contributed by atoms with van der Waals surface area (Å²) in [5.74, 6) is 0.344. The summed E-state index contributed by atoms with van der Waals surface area (Å²) in [5.41, 5.74) is 0.483. The Kier molecular flexibility index (Phi) is 5.36. The molecule has 0 bridgehead atoms. The lowest BCUT2D eigenvalue weighted by molar-refractivity contribution is 0.0126. The van der Waals surface area contributed by atoms with Gasteiger partial charge in [0.05, 0.1) is 12.7 Å². The molecule has 1 spiro atoms. The Morgan fingerprint density at radius 1 is 1.36 bits per heavy atom. The summed E-state index contributed by atoms with van der Waals surface area (Å²) in [7, 11) is -3.73.